The molecule has 3 rings (SSSR count). The molecule has 0 atom stereocenters. The number of rotatable bonds is 2. The summed E-state index contributed by atoms with van der Waals surface area (Å²) in [5, 5.41) is 9.39. The molecule has 2 aromatic carbocycles. The lowest BCUT2D eigenvalue weighted by atomic mass is 10.2. The third kappa shape index (κ3) is 1.90. The molecule has 0 spiro atoms. The Kier molecular flexibility index (Phi) is 2.87. The number of hydrogen-bond donors (Lipinski definition) is 2. The van der Waals surface area contributed by atoms with Gasteiger partial charge in [-0.3, -0.25) is 4.57 Å². The van der Waals surface area contributed by atoms with Crippen molar-refractivity contribution in [3.8, 4) is 5.69 Å². The van der Waals surface area contributed by atoms with Crippen molar-refractivity contribution in [3.05, 3.63) is 53.9 Å². The molecule has 3 aromatic rings. The maximum atomic E-state index is 13.4. The van der Waals surface area contributed by atoms with E-state index in [2.05, 4.69) is 4.98 Å². The van der Waals surface area contributed by atoms with Crippen molar-refractivity contribution in [2.24, 2.45) is 0 Å². The standard InChI is InChI=1S/C14H11F2N3O/c15-10-3-2-9(6-11(10)16)19-13-4-1-8(17)5-12(13)18-14(19)7-20/h1-6,20H,7,17H2. The molecule has 1 aromatic heterocycles. The molecule has 0 amide bonds. The lowest BCUT2D eigenvalue weighted by molar-refractivity contribution is 0.270. The number of nitrogen functional groups attached to an aromatic ring is 1. The van der Waals surface area contributed by atoms with Crippen molar-refractivity contribution in [2.45, 2.75) is 6.61 Å². The van der Waals surface area contributed by atoms with Crippen LogP contribution in [0.25, 0.3) is 16.7 Å². The zero-order valence-corrected chi connectivity index (χ0v) is 10.3. The van der Waals surface area contributed by atoms with Crippen LogP contribution in [0.3, 0.4) is 0 Å². The molecule has 0 saturated heterocycles. The van der Waals surface area contributed by atoms with Crippen LogP contribution >= 0.6 is 0 Å². The zero-order chi connectivity index (χ0) is 14.3. The summed E-state index contributed by atoms with van der Waals surface area (Å²) in [6.07, 6.45) is 0. The second-order valence-corrected chi connectivity index (χ2v) is 4.37. The summed E-state index contributed by atoms with van der Waals surface area (Å²) in [4.78, 5) is 4.24. The van der Waals surface area contributed by atoms with Crippen LogP contribution < -0.4 is 5.73 Å². The Hall–Kier alpha value is -2.47. The third-order valence-corrected chi connectivity index (χ3v) is 3.05. The van der Waals surface area contributed by atoms with Gasteiger partial charge < -0.3 is 10.8 Å². The molecule has 4 nitrogen and oxygen atoms in total. The summed E-state index contributed by atoms with van der Waals surface area (Å²) in [5.74, 6) is -1.55. The van der Waals surface area contributed by atoms with Crippen LogP contribution in [0.4, 0.5) is 14.5 Å². The van der Waals surface area contributed by atoms with Crippen molar-refractivity contribution in [3.63, 3.8) is 0 Å². The Labute approximate surface area is 113 Å². The molecule has 0 unspecified atom stereocenters. The van der Waals surface area contributed by atoms with Gasteiger partial charge in [-0.05, 0) is 30.3 Å². The van der Waals surface area contributed by atoms with E-state index in [0.29, 0.717) is 28.2 Å². The van der Waals surface area contributed by atoms with Gasteiger partial charge in [0.25, 0.3) is 0 Å². The summed E-state index contributed by atoms with van der Waals surface area (Å²) in [6.45, 7) is -0.326. The smallest absolute Gasteiger partial charge is 0.160 e. The first-order valence-electron chi connectivity index (χ1n) is 5.93. The Balaban J connectivity index is 2.30. The Bertz CT molecular complexity index is 798. The van der Waals surface area contributed by atoms with Crippen LogP contribution in [0.15, 0.2) is 36.4 Å². The number of imidazole rings is 1. The van der Waals surface area contributed by atoms with E-state index in [4.69, 9.17) is 5.73 Å². The van der Waals surface area contributed by atoms with Gasteiger partial charge in [-0.25, -0.2) is 13.8 Å². The highest BCUT2D eigenvalue weighted by atomic mass is 19.2. The van der Waals surface area contributed by atoms with E-state index in [1.54, 1.807) is 22.8 Å². The predicted octanol–water partition coefficient (Wildman–Crippen LogP) is 2.38. The second kappa shape index (κ2) is 4.57. The fraction of sp³-hybridized carbons (Fsp3) is 0.0714. The molecular formula is C14H11F2N3O. The Morgan fingerprint density at radius 1 is 1.10 bits per heavy atom. The van der Waals surface area contributed by atoms with Crippen molar-refractivity contribution in [1.82, 2.24) is 9.55 Å². The van der Waals surface area contributed by atoms with E-state index in [9.17, 15) is 13.9 Å². The number of aliphatic hydroxyl groups is 1. The Morgan fingerprint density at radius 2 is 1.90 bits per heavy atom. The van der Waals surface area contributed by atoms with Gasteiger partial charge in [0.15, 0.2) is 11.6 Å². The van der Waals surface area contributed by atoms with E-state index in [1.165, 1.54) is 6.07 Å². The fourth-order valence-electron chi connectivity index (χ4n) is 2.17. The monoisotopic (exact) mass is 275 g/mol. The van der Waals surface area contributed by atoms with Gasteiger partial charge in [-0.1, -0.05) is 0 Å². The number of hydrogen-bond acceptors (Lipinski definition) is 3. The minimum absolute atomic E-state index is 0.326. The number of fused-ring (bicyclic) bond motifs is 1. The first-order chi connectivity index (χ1) is 9.60. The van der Waals surface area contributed by atoms with E-state index in [0.717, 1.165) is 12.1 Å². The molecule has 0 radical (unpaired) electrons. The molecule has 0 aliphatic heterocycles. The van der Waals surface area contributed by atoms with Gasteiger partial charge >= 0.3 is 0 Å². The van der Waals surface area contributed by atoms with Crippen molar-refractivity contribution >= 4 is 16.7 Å². The zero-order valence-electron chi connectivity index (χ0n) is 10.3. The number of nitrogens with zero attached hydrogens (tertiary/aromatic N) is 2. The lowest BCUT2D eigenvalue weighted by Gasteiger charge is -2.08. The number of halogens is 2. The van der Waals surface area contributed by atoms with Crippen LogP contribution in [-0.2, 0) is 6.61 Å². The van der Waals surface area contributed by atoms with Crippen LogP contribution in [0.1, 0.15) is 5.82 Å². The van der Waals surface area contributed by atoms with Crippen LogP contribution in [-0.4, -0.2) is 14.7 Å². The molecular weight excluding hydrogens is 264 g/mol. The number of aliphatic hydroxyl groups excluding tert-OH is 1. The molecule has 0 fully saturated rings. The number of benzene rings is 2. The Morgan fingerprint density at radius 3 is 2.60 bits per heavy atom. The van der Waals surface area contributed by atoms with Gasteiger partial charge in [-0.2, -0.15) is 0 Å². The number of aromatic nitrogens is 2. The lowest BCUT2D eigenvalue weighted by Crippen LogP contribution is -2.02. The van der Waals surface area contributed by atoms with Gasteiger partial charge in [0.1, 0.15) is 12.4 Å². The highest BCUT2D eigenvalue weighted by Crippen LogP contribution is 2.24. The van der Waals surface area contributed by atoms with E-state index in [1.807, 2.05) is 0 Å². The minimum Gasteiger partial charge on any atom is -0.399 e. The topological polar surface area (TPSA) is 64.1 Å². The highest BCUT2D eigenvalue weighted by molar-refractivity contribution is 5.81. The quantitative estimate of drug-likeness (QED) is 0.706. The van der Waals surface area contributed by atoms with Crippen molar-refractivity contribution in [2.75, 3.05) is 5.73 Å². The molecule has 0 aliphatic rings. The molecule has 102 valence electrons. The maximum Gasteiger partial charge on any atom is 0.160 e. The number of anilines is 1. The fourth-order valence-corrected chi connectivity index (χ4v) is 2.17. The summed E-state index contributed by atoms with van der Waals surface area (Å²) in [7, 11) is 0. The maximum absolute atomic E-state index is 13.4. The minimum atomic E-state index is -0.955. The predicted molar refractivity (Wildman–Crippen MR) is 71.3 cm³/mol. The van der Waals surface area contributed by atoms with E-state index in [-0.39, 0.29) is 6.61 Å². The van der Waals surface area contributed by atoms with E-state index >= 15 is 0 Å². The highest BCUT2D eigenvalue weighted by Gasteiger charge is 2.13. The average molecular weight is 275 g/mol. The molecule has 0 bridgehead atoms. The first kappa shape index (κ1) is 12.6. The second-order valence-electron chi connectivity index (χ2n) is 4.37. The molecule has 0 aliphatic carbocycles. The largest absolute Gasteiger partial charge is 0.399 e. The van der Waals surface area contributed by atoms with Crippen LogP contribution in [0.5, 0.6) is 0 Å². The summed E-state index contributed by atoms with van der Waals surface area (Å²) in [5.41, 5.74) is 7.86. The van der Waals surface area contributed by atoms with Crippen molar-refractivity contribution in [1.29, 1.82) is 0 Å². The van der Waals surface area contributed by atoms with Crippen LogP contribution in [0.2, 0.25) is 0 Å². The van der Waals surface area contributed by atoms with Gasteiger partial charge in [0.05, 0.1) is 16.7 Å². The summed E-state index contributed by atoms with van der Waals surface area (Å²) in [6, 6.07) is 8.58. The van der Waals surface area contributed by atoms with E-state index < -0.39 is 11.6 Å². The molecule has 20 heavy (non-hydrogen) atoms. The molecule has 1 heterocycles. The van der Waals surface area contributed by atoms with Gasteiger partial charge in [0.2, 0.25) is 0 Å². The summed E-state index contributed by atoms with van der Waals surface area (Å²) < 4.78 is 28.0. The number of nitrogens with two attached hydrogens (primary N) is 1. The molecule has 0 saturated carbocycles. The average Bonchev–Trinajstić information content (AvgIpc) is 2.79. The van der Waals surface area contributed by atoms with Gasteiger partial charge in [0, 0.05) is 11.8 Å². The van der Waals surface area contributed by atoms with Crippen molar-refractivity contribution < 1.29 is 13.9 Å². The third-order valence-electron chi connectivity index (χ3n) is 3.05. The summed E-state index contributed by atoms with van der Waals surface area (Å²) >= 11 is 0. The van der Waals surface area contributed by atoms with Crippen LogP contribution in [0, 0.1) is 11.6 Å². The molecule has 3 N–H and O–H groups in total. The SMILES string of the molecule is Nc1ccc2c(c1)nc(CO)n2-c1ccc(F)c(F)c1. The van der Waals surface area contributed by atoms with Gasteiger partial charge in [-0.15, -0.1) is 0 Å². The normalized spacial score (nSPS) is 11.2. The molecule has 6 heteroatoms. The first-order valence-corrected chi connectivity index (χ1v) is 5.93.